The van der Waals surface area contributed by atoms with E-state index in [9.17, 15) is 4.79 Å². The van der Waals surface area contributed by atoms with E-state index in [0.717, 1.165) is 39.0 Å². The zero-order chi connectivity index (χ0) is 20.5. The van der Waals surface area contributed by atoms with Crippen LogP contribution in [0, 0.1) is 0 Å². The van der Waals surface area contributed by atoms with E-state index in [1.54, 1.807) is 0 Å². The molecular weight excluding hydrogens is 370 g/mol. The highest BCUT2D eigenvalue weighted by Crippen LogP contribution is 2.40. The Hall–Kier alpha value is -2.17. The summed E-state index contributed by atoms with van der Waals surface area (Å²) in [6.45, 7) is 6.10. The van der Waals surface area contributed by atoms with E-state index in [-0.39, 0.29) is 12.1 Å². The van der Waals surface area contributed by atoms with Gasteiger partial charge in [0, 0.05) is 25.2 Å². The fraction of sp³-hybridized carbons (Fsp3) is 0.500. The van der Waals surface area contributed by atoms with Crippen molar-refractivity contribution < 1.29 is 4.79 Å². The Morgan fingerprint density at radius 2 is 1.60 bits per heavy atom. The number of likely N-dealkylation sites (N-methyl/N-ethyl adjacent to an activating group) is 1. The molecule has 3 heterocycles. The van der Waals surface area contributed by atoms with Crippen molar-refractivity contribution >= 4 is 5.91 Å². The lowest BCUT2D eigenvalue weighted by Crippen LogP contribution is -2.56. The molecule has 0 saturated carbocycles. The van der Waals surface area contributed by atoms with Gasteiger partial charge >= 0.3 is 0 Å². The van der Waals surface area contributed by atoms with E-state index in [0.29, 0.717) is 18.0 Å². The van der Waals surface area contributed by atoms with Crippen LogP contribution in [0.1, 0.15) is 49.8 Å². The van der Waals surface area contributed by atoms with Gasteiger partial charge in [0.1, 0.15) is 0 Å². The van der Waals surface area contributed by atoms with Gasteiger partial charge in [0.05, 0.1) is 12.1 Å². The number of piperidine rings is 1. The smallest absolute Gasteiger partial charge is 0.240 e. The number of hydrogen-bond acceptors (Lipinski definition) is 3. The van der Waals surface area contributed by atoms with Crippen molar-refractivity contribution in [2.45, 2.75) is 56.8 Å². The van der Waals surface area contributed by atoms with Gasteiger partial charge in [0.15, 0.2) is 0 Å². The van der Waals surface area contributed by atoms with E-state index in [4.69, 9.17) is 0 Å². The molecule has 5 rings (SSSR count). The molecule has 1 amide bonds. The molecule has 4 nitrogen and oxygen atoms in total. The maximum absolute atomic E-state index is 13.4. The summed E-state index contributed by atoms with van der Waals surface area (Å²) in [5.74, 6) is 0.389. The molecule has 0 N–H and O–H groups in total. The van der Waals surface area contributed by atoms with Crippen LogP contribution in [0.2, 0.25) is 0 Å². The number of rotatable bonds is 5. The average Bonchev–Trinajstić information content (AvgIpc) is 3.41. The summed E-state index contributed by atoms with van der Waals surface area (Å²) in [5.41, 5.74) is 2.69. The van der Waals surface area contributed by atoms with Crippen molar-refractivity contribution in [1.82, 2.24) is 14.7 Å². The Kier molecular flexibility index (Phi) is 5.62. The Bertz CT molecular complexity index is 816. The van der Waals surface area contributed by atoms with Crippen LogP contribution in [-0.2, 0) is 4.79 Å². The molecule has 30 heavy (non-hydrogen) atoms. The molecule has 0 aromatic heterocycles. The molecular formula is C26H33N3O. The van der Waals surface area contributed by atoms with Gasteiger partial charge in [0.25, 0.3) is 0 Å². The van der Waals surface area contributed by atoms with Gasteiger partial charge in [-0.3, -0.25) is 14.6 Å². The van der Waals surface area contributed by atoms with Crippen LogP contribution in [-0.4, -0.2) is 64.9 Å². The molecule has 2 unspecified atom stereocenters. The minimum absolute atomic E-state index is 0.107. The zero-order valence-corrected chi connectivity index (χ0v) is 18.0. The van der Waals surface area contributed by atoms with Crippen molar-refractivity contribution in [3.8, 4) is 0 Å². The van der Waals surface area contributed by atoms with Crippen molar-refractivity contribution in [2.24, 2.45) is 0 Å². The number of piperazine rings is 1. The lowest BCUT2D eigenvalue weighted by Gasteiger charge is -2.42. The Balaban J connectivity index is 1.36. The highest BCUT2D eigenvalue weighted by Gasteiger charge is 2.49. The van der Waals surface area contributed by atoms with Crippen LogP contribution < -0.4 is 0 Å². The molecule has 0 aliphatic carbocycles. The largest absolute Gasteiger partial charge is 0.335 e. The lowest BCUT2D eigenvalue weighted by molar-refractivity contribution is -0.140. The molecule has 3 fully saturated rings. The molecule has 3 aliphatic heterocycles. The number of likely N-dealkylation sites (tertiary alicyclic amines) is 3. The summed E-state index contributed by atoms with van der Waals surface area (Å²) in [4.78, 5) is 20.7. The standard InChI is InChI=1S/C26H33N3O/c1-2-27-16-10-9-15-24(27)26(30)29-19-22-17-23(29)18-28(22)25(20-11-5-3-6-12-20)21-13-7-4-8-14-21/h3-8,11-14,22-25H,2,9-10,15-19H2,1H3/t22?,23?,24-/m0/s1. The van der Waals surface area contributed by atoms with E-state index in [1.807, 2.05) is 0 Å². The third-order valence-electron chi connectivity index (χ3n) is 7.43. The van der Waals surface area contributed by atoms with Crippen LogP contribution >= 0.6 is 0 Å². The first kappa shape index (κ1) is 19.8. The normalized spacial score (nSPS) is 27.1. The zero-order valence-electron chi connectivity index (χ0n) is 18.0. The monoisotopic (exact) mass is 403 g/mol. The second kappa shape index (κ2) is 8.52. The molecule has 0 radical (unpaired) electrons. The molecule has 2 bridgehead atoms. The molecule has 3 saturated heterocycles. The van der Waals surface area contributed by atoms with E-state index in [2.05, 4.69) is 82.3 Å². The van der Waals surface area contributed by atoms with Crippen LogP contribution in [0.4, 0.5) is 0 Å². The first-order valence-corrected chi connectivity index (χ1v) is 11.7. The van der Waals surface area contributed by atoms with Crippen molar-refractivity contribution in [3.05, 3.63) is 71.8 Å². The number of carbonyl (C=O) groups excluding carboxylic acids is 1. The molecule has 2 aromatic carbocycles. The fourth-order valence-electron chi connectivity index (χ4n) is 5.97. The number of amides is 1. The number of hydrogen-bond donors (Lipinski definition) is 0. The third-order valence-corrected chi connectivity index (χ3v) is 7.43. The van der Waals surface area contributed by atoms with Gasteiger partial charge in [0.2, 0.25) is 5.91 Å². The summed E-state index contributed by atoms with van der Waals surface area (Å²) in [6.07, 6.45) is 4.56. The van der Waals surface area contributed by atoms with Crippen LogP contribution in [0.3, 0.4) is 0 Å². The number of benzene rings is 2. The topological polar surface area (TPSA) is 26.8 Å². The molecule has 3 atom stereocenters. The van der Waals surface area contributed by atoms with Gasteiger partial charge in [-0.05, 0) is 43.5 Å². The number of fused-ring (bicyclic) bond motifs is 2. The SMILES string of the molecule is CCN1CCCC[C@H]1C(=O)N1CC2CC1CN2C(c1ccccc1)c1ccccc1. The second-order valence-electron chi connectivity index (χ2n) is 9.09. The van der Waals surface area contributed by atoms with Gasteiger partial charge in [-0.1, -0.05) is 74.0 Å². The van der Waals surface area contributed by atoms with Crippen molar-refractivity contribution in [2.75, 3.05) is 26.2 Å². The maximum atomic E-state index is 13.4. The summed E-state index contributed by atoms with van der Waals surface area (Å²) in [6, 6.07) is 22.9. The molecule has 4 heteroatoms. The minimum atomic E-state index is 0.107. The minimum Gasteiger partial charge on any atom is -0.335 e. The van der Waals surface area contributed by atoms with E-state index in [1.165, 1.54) is 24.0 Å². The van der Waals surface area contributed by atoms with Crippen LogP contribution in [0.15, 0.2) is 60.7 Å². The predicted molar refractivity (Wildman–Crippen MR) is 120 cm³/mol. The lowest BCUT2D eigenvalue weighted by atomic mass is 9.96. The predicted octanol–water partition coefficient (Wildman–Crippen LogP) is 3.94. The maximum Gasteiger partial charge on any atom is 0.240 e. The Morgan fingerprint density at radius 1 is 0.933 bits per heavy atom. The van der Waals surface area contributed by atoms with Gasteiger partial charge in [-0.15, -0.1) is 0 Å². The highest BCUT2D eigenvalue weighted by atomic mass is 16.2. The fourth-order valence-corrected chi connectivity index (χ4v) is 5.97. The van der Waals surface area contributed by atoms with Crippen molar-refractivity contribution in [1.29, 1.82) is 0 Å². The highest BCUT2D eigenvalue weighted by molar-refractivity contribution is 5.83. The third kappa shape index (κ3) is 3.57. The Morgan fingerprint density at radius 3 is 2.17 bits per heavy atom. The summed E-state index contributed by atoms with van der Waals surface area (Å²) >= 11 is 0. The molecule has 0 spiro atoms. The van der Waals surface area contributed by atoms with Gasteiger partial charge in [-0.2, -0.15) is 0 Å². The Labute approximate surface area is 180 Å². The quantitative estimate of drug-likeness (QED) is 0.757. The van der Waals surface area contributed by atoms with E-state index < -0.39 is 0 Å². The average molecular weight is 404 g/mol. The van der Waals surface area contributed by atoms with Gasteiger partial charge in [-0.25, -0.2) is 0 Å². The van der Waals surface area contributed by atoms with Crippen LogP contribution in [0.25, 0.3) is 0 Å². The summed E-state index contributed by atoms with van der Waals surface area (Å²) in [7, 11) is 0. The second-order valence-corrected chi connectivity index (χ2v) is 9.09. The molecule has 2 aromatic rings. The van der Waals surface area contributed by atoms with E-state index >= 15 is 0 Å². The van der Waals surface area contributed by atoms with Crippen molar-refractivity contribution in [3.63, 3.8) is 0 Å². The van der Waals surface area contributed by atoms with Crippen LogP contribution in [0.5, 0.6) is 0 Å². The summed E-state index contributed by atoms with van der Waals surface area (Å²) in [5, 5.41) is 0. The summed E-state index contributed by atoms with van der Waals surface area (Å²) < 4.78 is 0. The number of nitrogens with zero attached hydrogens (tertiary/aromatic N) is 3. The molecule has 158 valence electrons. The number of carbonyl (C=O) groups is 1. The molecule has 3 aliphatic rings. The first-order chi connectivity index (χ1) is 14.8. The first-order valence-electron chi connectivity index (χ1n) is 11.7. The van der Waals surface area contributed by atoms with Gasteiger partial charge < -0.3 is 4.90 Å².